The minimum absolute atomic E-state index is 0.0492. The Kier molecular flexibility index (Phi) is 5.04. The zero-order valence-electron chi connectivity index (χ0n) is 15.0. The van der Waals surface area contributed by atoms with Gasteiger partial charge in [-0.15, -0.1) is 0 Å². The summed E-state index contributed by atoms with van der Waals surface area (Å²) in [5.74, 6) is -0.0492. The number of anilines is 1. The maximum Gasteiger partial charge on any atom is 0.323 e. The maximum absolute atomic E-state index is 12.4. The molecule has 0 saturated carbocycles. The summed E-state index contributed by atoms with van der Waals surface area (Å²) < 4.78 is 1.91. The van der Waals surface area contributed by atoms with E-state index >= 15 is 0 Å². The molecule has 0 aliphatic carbocycles. The maximum atomic E-state index is 12.4. The summed E-state index contributed by atoms with van der Waals surface area (Å²) in [5.41, 5.74) is 3.98. The molecule has 7 heteroatoms. The van der Waals surface area contributed by atoms with E-state index in [1.165, 1.54) is 0 Å². The van der Waals surface area contributed by atoms with E-state index in [0.29, 0.717) is 17.9 Å². The quantitative estimate of drug-likeness (QED) is 0.456. The number of carbonyl (C=O) groups excluding carboxylic acids is 1. The molecule has 0 bridgehead atoms. The van der Waals surface area contributed by atoms with Crippen molar-refractivity contribution in [3.8, 4) is 5.69 Å². The van der Waals surface area contributed by atoms with Crippen molar-refractivity contribution in [1.29, 1.82) is 0 Å². The Bertz CT molecular complexity index is 1170. The van der Waals surface area contributed by atoms with Crippen LogP contribution in [0.25, 0.3) is 16.7 Å². The van der Waals surface area contributed by atoms with Crippen LogP contribution in [0.15, 0.2) is 65.7 Å². The van der Waals surface area contributed by atoms with E-state index in [4.69, 9.17) is 11.6 Å². The van der Waals surface area contributed by atoms with Crippen LogP contribution < -0.4 is 11.0 Å². The Balaban J connectivity index is 1.39. The average molecular weight is 395 g/mol. The van der Waals surface area contributed by atoms with Crippen molar-refractivity contribution in [3.63, 3.8) is 0 Å². The number of halogens is 1. The third-order valence-electron chi connectivity index (χ3n) is 4.57. The average Bonchev–Trinajstić information content (AvgIpc) is 3.31. The van der Waals surface area contributed by atoms with Crippen molar-refractivity contribution >= 4 is 34.2 Å². The van der Waals surface area contributed by atoms with E-state index in [-0.39, 0.29) is 11.6 Å². The summed E-state index contributed by atoms with van der Waals surface area (Å²) in [6, 6.07) is 15.0. The van der Waals surface area contributed by atoms with Gasteiger partial charge in [-0.2, -0.15) is 0 Å². The summed E-state index contributed by atoms with van der Waals surface area (Å²) in [6.07, 6.45) is 5.67. The topological polar surface area (TPSA) is 82.7 Å². The number of imidazole rings is 1. The summed E-state index contributed by atoms with van der Waals surface area (Å²) in [5, 5.41) is 3.59. The number of aryl methyl sites for hydroxylation is 1. The number of benzene rings is 2. The molecule has 2 heterocycles. The zero-order chi connectivity index (χ0) is 19.5. The number of aromatic nitrogens is 3. The van der Waals surface area contributed by atoms with Crippen LogP contribution in [0.4, 0.5) is 5.69 Å². The first-order chi connectivity index (χ1) is 13.6. The van der Waals surface area contributed by atoms with E-state index in [1.54, 1.807) is 6.07 Å². The standard InChI is InChI=1S/C21H19ClN4O2/c22-15-7-9-17(19(13-15)26-10-1-2-11-26)23-20(27)5-3-4-14-6-8-16-18(12-14)25-21(28)24-16/h1-2,6-13H,3-5H2,(H,23,27)(H2,24,25,28). The number of hydrogen-bond acceptors (Lipinski definition) is 2. The Labute approximate surface area is 166 Å². The number of hydrogen-bond donors (Lipinski definition) is 3. The fourth-order valence-corrected chi connectivity index (χ4v) is 3.39. The first-order valence-electron chi connectivity index (χ1n) is 9.02. The Morgan fingerprint density at radius 2 is 1.82 bits per heavy atom. The van der Waals surface area contributed by atoms with E-state index < -0.39 is 0 Å². The van der Waals surface area contributed by atoms with Crippen molar-refractivity contribution < 1.29 is 4.79 Å². The monoisotopic (exact) mass is 394 g/mol. The van der Waals surface area contributed by atoms with Crippen LogP contribution in [0.3, 0.4) is 0 Å². The second kappa shape index (κ2) is 7.78. The Morgan fingerprint density at radius 3 is 2.64 bits per heavy atom. The van der Waals surface area contributed by atoms with Crippen LogP contribution in [0, 0.1) is 0 Å². The fourth-order valence-electron chi connectivity index (χ4n) is 3.22. The minimum atomic E-state index is -0.215. The molecule has 1 amide bonds. The molecule has 0 fully saturated rings. The van der Waals surface area contributed by atoms with Gasteiger partial charge in [0.05, 0.1) is 22.4 Å². The second-order valence-electron chi connectivity index (χ2n) is 6.61. The highest BCUT2D eigenvalue weighted by Gasteiger charge is 2.09. The van der Waals surface area contributed by atoms with Crippen molar-refractivity contribution in [1.82, 2.24) is 14.5 Å². The molecule has 4 rings (SSSR count). The van der Waals surface area contributed by atoms with Crippen LogP contribution in [-0.2, 0) is 11.2 Å². The summed E-state index contributed by atoms with van der Waals surface area (Å²) in [7, 11) is 0. The Morgan fingerprint density at radius 1 is 1.04 bits per heavy atom. The lowest BCUT2D eigenvalue weighted by atomic mass is 10.1. The van der Waals surface area contributed by atoms with Gasteiger partial charge in [0.2, 0.25) is 5.91 Å². The van der Waals surface area contributed by atoms with Gasteiger partial charge in [0, 0.05) is 23.8 Å². The van der Waals surface area contributed by atoms with Gasteiger partial charge >= 0.3 is 5.69 Å². The summed E-state index contributed by atoms with van der Waals surface area (Å²) >= 11 is 6.11. The largest absolute Gasteiger partial charge is 0.324 e. The summed E-state index contributed by atoms with van der Waals surface area (Å²) in [4.78, 5) is 29.2. The van der Waals surface area contributed by atoms with Gasteiger partial charge in [0.25, 0.3) is 0 Å². The Hall–Kier alpha value is -3.25. The first kappa shape index (κ1) is 18.1. The third-order valence-corrected chi connectivity index (χ3v) is 4.80. The number of amides is 1. The zero-order valence-corrected chi connectivity index (χ0v) is 15.8. The van der Waals surface area contributed by atoms with Crippen molar-refractivity contribution in [2.45, 2.75) is 19.3 Å². The number of nitrogens with one attached hydrogen (secondary N) is 3. The highest BCUT2D eigenvalue weighted by atomic mass is 35.5. The van der Waals surface area contributed by atoms with E-state index in [0.717, 1.165) is 34.4 Å². The van der Waals surface area contributed by atoms with Crippen LogP contribution >= 0.6 is 11.6 Å². The molecular formula is C21H19ClN4O2. The molecule has 0 saturated heterocycles. The predicted molar refractivity (Wildman–Crippen MR) is 111 cm³/mol. The van der Waals surface area contributed by atoms with E-state index in [9.17, 15) is 9.59 Å². The fraction of sp³-hybridized carbons (Fsp3) is 0.143. The molecule has 2 aromatic carbocycles. The van der Waals surface area contributed by atoms with Crippen LogP contribution in [0.1, 0.15) is 18.4 Å². The van der Waals surface area contributed by atoms with Gasteiger partial charge in [0.1, 0.15) is 0 Å². The molecular weight excluding hydrogens is 376 g/mol. The van der Waals surface area contributed by atoms with Gasteiger partial charge in [-0.1, -0.05) is 17.7 Å². The van der Waals surface area contributed by atoms with Gasteiger partial charge < -0.3 is 19.9 Å². The molecule has 0 unspecified atom stereocenters. The lowest BCUT2D eigenvalue weighted by molar-refractivity contribution is -0.116. The smallest absolute Gasteiger partial charge is 0.323 e. The predicted octanol–water partition coefficient (Wildman–Crippen LogP) is 4.26. The van der Waals surface area contributed by atoms with E-state index in [1.807, 2.05) is 59.4 Å². The molecule has 0 spiro atoms. The van der Waals surface area contributed by atoms with Crippen LogP contribution in [-0.4, -0.2) is 20.4 Å². The number of fused-ring (bicyclic) bond motifs is 1. The van der Waals surface area contributed by atoms with Gasteiger partial charge in [-0.05, 0) is 60.9 Å². The van der Waals surface area contributed by atoms with Crippen LogP contribution in [0.5, 0.6) is 0 Å². The molecule has 0 radical (unpaired) electrons. The number of rotatable bonds is 6. The highest BCUT2D eigenvalue weighted by Crippen LogP contribution is 2.25. The molecule has 0 aliphatic rings. The van der Waals surface area contributed by atoms with Crippen molar-refractivity contribution in [2.24, 2.45) is 0 Å². The molecule has 6 nitrogen and oxygen atoms in total. The second-order valence-corrected chi connectivity index (χ2v) is 7.05. The molecule has 2 aromatic heterocycles. The van der Waals surface area contributed by atoms with Gasteiger partial charge in [-0.25, -0.2) is 4.79 Å². The number of carbonyl (C=O) groups is 1. The molecule has 142 valence electrons. The van der Waals surface area contributed by atoms with Gasteiger partial charge in [0.15, 0.2) is 0 Å². The molecule has 3 N–H and O–H groups in total. The van der Waals surface area contributed by atoms with Crippen molar-refractivity contribution in [3.05, 3.63) is 82.0 Å². The molecule has 28 heavy (non-hydrogen) atoms. The first-order valence-corrected chi connectivity index (χ1v) is 9.40. The van der Waals surface area contributed by atoms with Crippen LogP contribution in [0.2, 0.25) is 5.02 Å². The number of H-pyrrole nitrogens is 2. The lowest BCUT2D eigenvalue weighted by Crippen LogP contribution is -2.13. The number of nitrogens with zero attached hydrogens (tertiary/aromatic N) is 1. The van der Waals surface area contributed by atoms with Gasteiger partial charge in [-0.3, -0.25) is 4.79 Å². The molecule has 0 atom stereocenters. The van der Waals surface area contributed by atoms with E-state index in [2.05, 4.69) is 15.3 Å². The SMILES string of the molecule is O=C(CCCc1ccc2[nH]c(=O)[nH]c2c1)Nc1ccc(Cl)cc1-n1cccc1. The third kappa shape index (κ3) is 4.02. The van der Waals surface area contributed by atoms with Crippen molar-refractivity contribution in [2.75, 3.05) is 5.32 Å². The lowest BCUT2D eigenvalue weighted by Gasteiger charge is -2.12. The minimum Gasteiger partial charge on any atom is -0.324 e. The summed E-state index contributed by atoms with van der Waals surface area (Å²) in [6.45, 7) is 0. The highest BCUT2D eigenvalue weighted by molar-refractivity contribution is 6.30. The molecule has 4 aromatic rings. The normalized spacial score (nSPS) is 11.0. The molecule has 0 aliphatic heterocycles. The number of aromatic amines is 2.